The molecule has 0 aliphatic rings. The lowest BCUT2D eigenvalue weighted by Crippen LogP contribution is -1.64. The molecule has 0 aliphatic carbocycles. The minimum Gasteiger partial charge on any atom is -0.309 e. The van der Waals surface area contributed by atoms with Crippen LogP contribution in [0.2, 0.25) is 0 Å². The molecule has 0 heterocycles. The minimum atomic E-state index is 1.02. The van der Waals surface area contributed by atoms with Gasteiger partial charge in [-0.1, -0.05) is 18.2 Å². The molecule has 0 aromatic heterocycles. The van der Waals surface area contributed by atoms with E-state index in [2.05, 4.69) is 6.58 Å². The quantitative estimate of drug-likeness (QED) is 0.399. The molecule has 0 radical (unpaired) electrons. The van der Waals surface area contributed by atoms with Crippen molar-refractivity contribution in [1.29, 1.82) is 5.41 Å². The molecule has 0 aromatic carbocycles. The van der Waals surface area contributed by atoms with E-state index in [1.807, 2.05) is 6.92 Å². The molecule has 7 heavy (non-hydrogen) atoms. The highest BCUT2D eigenvalue weighted by molar-refractivity contribution is 5.69. The van der Waals surface area contributed by atoms with Gasteiger partial charge in [0.2, 0.25) is 0 Å². The van der Waals surface area contributed by atoms with E-state index in [-0.39, 0.29) is 0 Å². The van der Waals surface area contributed by atoms with Gasteiger partial charge in [0, 0.05) is 6.21 Å². The van der Waals surface area contributed by atoms with Crippen LogP contribution in [-0.4, -0.2) is 6.21 Å². The topological polar surface area (TPSA) is 23.9 Å². The average molecular weight is 95.1 g/mol. The van der Waals surface area contributed by atoms with Gasteiger partial charge < -0.3 is 5.41 Å². The molecule has 0 aromatic rings. The average Bonchev–Trinajstić information content (AvgIpc) is 1.68. The van der Waals surface area contributed by atoms with Crippen molar-refractivity contribution < 1.29 is 0 Å². The molecule has 0 aliphatic heterocycles. The zero-order chi connectivity index (χ0) is 5.70. The lowest BCUT2D eigenvalue weighted by Gasteiger charge is -1.79. The van der Waals surface area contributed by atoms with Crippen LogP contribution in [0, 0.1) is 5.41 Å². The molecule has 1 heteroatoms. The fourth-order valence-electron chi connectivity index (χ4n) is 0.199. The van der Waals surface area contributed by atoms with Gasteiger partial charge in [0.25, 0.3) is 0 Å². The zero-order valence-corrected chi connectivity index (χ0v) is 4.44. The summed E-state index contributed by atoms with van der Waals surface area (Å²) in [4.78, 5) is 0. The van der Waals surface area contributed by atoms with Crippen molar-refractivity contribution in [1.82, 2.24) is 0 Å². The molecule has 0 saturated carbocycles. The largest absolute Gasteiger partial charge is 0.309 e. The maximum atomic E-state index is 6.59. The van der Waals surface area contributed by atoms with Crippen molar-refractivity contribution in [2.24, 2.45) is 0 Å². The Morgan fingerprint density at radius 2 is 2.29 bits per heavy atom. The maximum Gasteiger partial charge on any atom is 0.0180 e. The Bertz CT molecular complexity index is 101. The first-order chi connectivity index (χ1) is 3.31. The van der Waals surface area contributed by atoms with Crippen LogP contribution < -0.4 is 0 Å². The third-order valence-electron chi connectivity index (χ3n) is 0.668. The van der Waals surface area contributed by atoms with E-state index in [9.17, 15) is 0 Å². The summed E-state index contributed by atoms with van der Waals surface area (Å²) >= 11 is 0. The molecule has 0 unspecified atom stereocenters. The molecule has 1 nitrogen and oxygen atoms in total. The highest BCUT2D eigenvalue weighted by Gasteiger charge is 1.69. The van der Waals surface area contributed by atoms with Crippen molar-refractivity contribution in [2.75, 3.05) is 0 Å². The van der Waals surface area contributed by atoms with Crippen LogP contribution in [0.4, 0.5) is 0 Å². The Morgan fingerprint density at radius 1 is 1.71 bits per heavy atom. The van der Waals surface area contributed by atoms with Crippen LogP contribution in [0.15, 0.2) is 24.3 Å². The Balaban J connectivity index is 3.72. The lowest BCUT2D eigenvalue weighted by molar-refractivity contribution is 1.52. The van der Waals surface area contributed by atoms with Gasteiger partial charge in [-0.15, -0.1) is 0 Å². The first-order valence-electron chi connectivity index (χ1n) is 2.11. The minimum absolute atomic E-state index is 1.02. The Labute approximate surface area is 43.9 Å². The van der Waals surface area contributed by atoms with Gasteiger partial charge in [-0.3, -0.25) is 0 Å². The van der Waals surface area contributed by atoms with E-state index < -0.39 is 0 Å². The van der Waals surface area contributed by atoms with Gasteiger partial charge in [-0.25, -0.2) is 0 Å². The van der Waals surface area contributed by atoms with Crippen molar-refractivity contribution in [2.45, 2.75) is 6.92 Å². The molecule has 0 saturated heterocycles. The van der Waals surface area contributed by atoms with E-state index in [4.69, 9.17) is 5.41 Å². The van der Waals surface area contributed by atoms with Gasteiger partial charge in [0.1, 0.15) is 0 Å². The highest BCUT2D eigenvalue weighted by atomic mass is 14.3. The first-order valence-corrected chi connectivity index (χ1v) is 2.11. The van der Waals surface area contributed by atoms with Gasteiger partial charge in [0.05, 0.1) is 0 Å². The molecule has 1 N–H and O–H groups in total. The number of nitrogens with one attached hydrogen (secondary N) is 1. The second-order valence-corrected chi connectivity index (χ2v) is 1.28. The standard InChI is InChI=1S/C6H9N/c1-3-6(2)4-5-7/h3-5,7H,1H2,2H3/b6-4-,7-5?. The molecule has 38 valence electrons. The van der Waals surface area contributed by atoms with E-state index in [1.54, 1.807) is 12.2 Å². The molecule has 0 fully saturated rings. The van der Waals surface area contributed by atoms with Crippen molar-refractivity contribution in [3.63, 3.8) is 0 Å². The number of allylic oxidation sites excluding steroid dienone is 3. The summed E-state index contributed by atoms with van der Waals surface area (Å²) in [5, 5.41) is 6.59. The van der Waals surface area contributed by atoms with Crippen molar-refractivity contribution in [3.05, 3.63) is 24.3 Å². The Kier molecular flexibility index (Phi) is 2.94. The summed E-state index contributed by atoms with van der Waals surface area (Å²) in [6.45, 7) is 5.41. The van der Waals surface area contributed by atoms with E-state index in [0.29, 0.717) is 0 Å². The zero-order valence-electron chi connectivity index (χ0n) is 4.44. The predicted octanol–water partition coefficient (Wildman–Crippen LogP) is 1.77. The SMILES string of the molecule is C=C/C(C)=C\C=N. The molecule has 0 bridgehead atoms. The number of hydrogen-bond acceptors (Lipinski definition) is 1. The van der Waals surface area contributed by atoms with Crippen LogP contribution in [-0.2, 0) is 0 Å². The highest BCUT2D eigenvalue weighted by Crippen LogP contribution is 1.87. The van der Waals surface area contributed by atoms with Gasteiger partial charge in [0.15, 0.2) is 0 Å². The van der Waals surface area contributed by atoms with Gasteiger partial charge in [-0.05, 0) is 13.0 Å². The molecule has 0 amide bonds. The van der Waals surface area contributed by atoms with Crippen LogP contribution in [0.5, 0.6) is 0 Å². The number of rotatable bonds is 2. The third-order valence-corrected chi connectivity index (χ3v) is 0.668. The Hall–Kier alpha value is -0.850. The van der Waals surface area contributed by atoms with Crippen molar-refractivity contribution in [3.8, 4) is 0 Å². The smallest absolute Gasteiger partial charge is 0.0180 e. The summed E-state index contributed by atoms with van der Waals surface area (Å²) in [5.41, 5.74) is 1.02. The monoisotopic (exact) mass is 95.1 g/mol. The maximum absolute atomic E-state index is 6.59. The van der Waals surface area contributed by atoms with Crippen LogP contribution >= 0.6 is 0 Å². The summed E-state index contributed by atoms with van der Waals surface area (Å²) < 4.78 is 0. The van der Waals surface area contributed by atoms with Crippen LogP contribution in [0.25, 0.3) is 0 Å². The summed E-state index contributed by atoms with van der Waals surface area (Å²) in [5.74, 6) is 0. The molecule has 0 spiro atoms. The van der Waals surface area contributed by atoms with E-state index in [0.717, 1.165) is 5.57 Å². The second-order valence-electron chi connectivity index (χ2n) is 1.28. The normalized spacial score (nSPS) is 10.7. The van der Waals surface area contributed by atoms with Crippen LogP contribution in [0.1, 0.15) is 6.92 Å². The van der Waals surface area contributed by atoms with Crippen molar-refractivity contribution >= 4 is 6.21 Å². The summed E-state index contributed by atoms with van der Waals surface area (Å²) in [6.07, 6.45) is 4.65. The van der Waals surface area contributed by atoms with Crippen LogP contribution in [0.3, 0.4) is 0 Å². The second kappa shape index (κ2) is 3.34. The van der Waals surface area contributed by atoms with E-state index in [1.165, 1.54) is 6.21 Å². The fraction of sp³-hybridized carbons (Fsp3) is 0.167. The summed E-state index contributed by atoms with van der Waals surface area (Å²) in [6, 6.07) is 0. The molecule has 0 atom stereocenters. The fourth-order valence-corrected chi connectivity index (χ4v) is 0.199. The Morgan fingerprint density at radius 3 is 2.43 bits per heavy atom. The molecule has 0 rings (SSSR count). The van der Waals surface area contributed by atoms with Gasteiger partial charge >= 0.3 is 0 Å². The number of hydrogen-bond donors (Lipinski definition) is 1. The lowest BCUT2D eigenvalue weighted by atomic mass is 10.3. The third kappa shape index (κ3) is 2.97. The summed E-state index contributed by atoms with van der Waals surface area (Å²) in [7, 11) is 0. The first kappa shape index (κ1) is 6.15. The van der Waals surface area contributed by atoms with E-state index >= 15 is 0 Å². The molecular weight excluding hydrogens is 86.1 g/mol. The predicted molar refractivity (Wildman–Crippen MR) is 32.7 cm³/mol. The van der Waals surface area contributed by atoms with Gasteiger partial charge in [-0.2, -0.15) is 0 Å². The molecular formula is C6H9N.